The van der Waals surface area contributed by atoms with Gasteiger partial charge in [0.2, 0.25) is 0 Å². The van der Waals surface area contributed by atoms with Crippen LogP contribution < -0.4 is 4.90 Å². The third-order valence-corrected chi connectivity index (χ3v) is 6.18. The molecule has 4 rings (SSSR count). The van der Waals surface area contributed by atoms with Gasteiger partial charge in [-0.25, -0.2) is 9.97 Å². The van der Waals surface area contributed by atoms with Gasteiger partial charge in [-0.05, 0) is 24.8 Å². The second-order valence-corrected chi connectivity index (χ2v) is 7.49. The molecule has 5 nitrogen and oxygen atoms in total. The molecular formula is C17H24N4OS. The van der Waals surface area contributed by atoms with E-state index in [4.69, 9.17) is 15.1 Å². The Labute approximate surface area is 141 Å². The zero-order valence-electron chi connectivity index (χ0n) is 13.7. The predicted molar refractivity (Wildman–Crippen MR) is 94.6 cm³/mol. The molecule has 124 valence electrons. The first-order valence-corrected chi connectivity index (χ1v) is 9.51. The number of aliphatic hydroxyl groups is 1. The molecule has 1 N–H and O–H groups in total. The lowest BCUT2D eigenvalue weighted by Crippen LogP contribution is -2.47. The molecule has 0 aromatic carbocycles. The molecule has 0 radical (unpaired) electrons. The molecule has 0 bridgehead atoms. The summed E-state index contributed by atoms with van der Waals surface area (Å²) < 4.78 is 0. The van der Waals surface area contributed by atoms with E-state index in [1.54, 1.807) is 0 Å². The quantitative estimate of drug-likeness (QED) is 0.926. The van der Waals surface area contributed by atoms with Gasteiger partial charge in [0, 0.05) is 44.0 Å². The lowest BCUT2D eigenvalue weighted by atomic mass is 10.1. The summed E-state index contributed by atoms with van der Waals surface area (Å²) in [6, 6.07) is 0. The van der Waals surface area contributed by atoms with Gasteiger partial charge in [0.25, 0.3) is 0 Å². The molecule has 2 aliphatic rings. The summed E-state index contributed by atoms with van der Waals surface area (Å²) in [5.74, 6) is 2.13. The Morgan fingerprint density at radius 2 is 1.96 bits per heavy atom. The summed E-state index contributed by atoms with van der Waals surface area (Å²) in [6.07, 6.45) is 4.55. The fourth-order valence-corrected chi connectivity index (χ4v) is 5.01. The summed E-state index contributed by atoms with van der Waals surface area (Å²) in [5, 5.41) is 10.4. The van der Waals surface area contributed by atoms with E-state index in [9.17, 15) is 0 Å². The molecule has 1 fully saturated rings. The van der Waals surface area contributed by atoms with Crippen molar-refractivity contribution in [3.8, 4) is 0 Å². The van der Waals surface area contributed by atoms with Crippen molar-refractivity contribution in [3.63, 3.8) is 0 Å². The minimum absolute atomic E-state index is 0.246. The van der Waals surface area contributed by atoms with Gasteiger partial charge in [0.15, 0.2) is 0 Å². The van der Waals surface area contributed by atoms with Crippen molar-refractivity contribution in [1.82, 2.24) is 14.9 Å². The van der Waals surface area contributed by atoms with Crippen LogP contribution in [0.25, 0.3) is 10.2 Å². The van der Waals surface area contributed by atoms with Crippen LogP contribution in [-0.2, 0) is 19.3 Å². The van der Waals surface area contributed by atoms with E-state index in [0.29, 0.717) is 0 Å². The summed E-state index contributed by atoms with van der Waals surface area (Å²) in [6.45, 7) is 7.13. The number of nitrogens with zero attached hydrogens (tertiary/aromatic N) is 4. The largest absolute Gasteiger partial charge is 0.395 e. The molecule has 2 aromatic heterocycles. The highest BCUT2D eigenvalue weighted by Crippen LogP contribution is 2.40. The summed E-state index contributed by atoms with van der Waals surface area (Å²) >= 11 is 1.88. The van der Waals surface area contributed by atoms with E-state index in [0.717, 1.165) is 50.8 Å². The Balaban J connectivity index is 1.71. The third kappa shape index (κ3) is 2.73. The van der Waals surface area contributed by atoms with Crippen LogP contribution in [0.4, 0.5) is 5.82 Å². The van der Waals surface area contributed by atoms with E-state index in [1.807, 2.05) is 11.3 Å². The number of piperazine rings is 1. The zero-order chi connectivity index (χ0) is 15.8. The predicted octanol–water partition coefficient (Wildman–Crippen LogP) is 1.86. The lowest BCUT2D eigenvalue weighted by molar-refractivity contribution is 0.188. The van der Waals surface area contributed by atoms with Crippen molar-refractivity contribution < 1.29 is 5.11 Å². The number of anilines is 1. The van der Waals surface area contributed by atoms with Gasteiger partial charge in [0.1, 0.15) is 16.5 Å². The highest BCUT2D eigenvalue weighted by atomic mass is 32.1. The monoisotopic (exact) mass is 332 g/mol. The number of rotatable bonds is 4. The van der Waals surface area contributed by atoms with Crippen molar-refractivity contribution in [1.29, 1.82) is 0 Å². The highest BCUT2D eigenvalue weighted by molar-refractivity contribution is 7.19. The number of hydrogen-bond acceptors (Lipinski definition) is 6. The molecule has 1 saturated heterocycles. The molecular weight excluding hydrogens is 308 g/mol. The van der Waals surface area contributed by atoms with Gasteiger partial charge in [-0.1, -0.05) is 6.92 Å². The SMILES string of the molecule is CCc1nc(N2CCN(CCO)CC2)c2c3c(sc2n1)CCC3. The van der Waals surface area contributed by atoms with Crippen molar-refractivity contribution >= 4 is 27.4 Å². The summed E-state index contributed by atoms with van der Waals surface area (Å²) in [7, 11) is 0. The first kappa shape index (κ1) is 15.3. The molecule has 0 unspecified atom stereocenters. The molecule has 6 heteroatoms. The van der Waals surface area contributed by atoms with Gasteiger partial charge < -0.3 is 10.0 Å². The fraction of sp³-hybridized carbons (Fsp3) is 0.647. The number of aliphatic hydroxyl groups excluding tert-OH is 1. The zero-order valence-corrected chi connectivity index (χ0v) is 14.5. The fourth-order valence-electron chi connectivity index (χ4n) is 3.73. The van der Waals surface area contributed by atoms with Crippen molar-refractivity contribution in [2.24, 2.45) is 0 Å². The maximum absolute atomic E-state index is 9.11. The number of aryl methyl sites for hydroxylation is 3. The molecule has 23 heavy (non-hydrogen) atoms. The smallest absolute Gasteiger partial charge is 0.141 e. The van der Waals surface area contributed by atoms with Crippen LogP contribution in [0, 0.1) is 0 Å². The maximum Gasteiger partial charge on any atom is 0.141 e. The number of fused-ring (bicyclic) bond motifs is 3. The van der Waals surface area contributed by atoms with Gasteiger partial charge in [-0.3, -0.25) is 4.90 Å². The van der Waals surface area contributed by atoms with Gasteiger partial charge in [-0.2, -0.15) is 0 Å². The number of aromatic nitrogens is 2. The minimum atomic E-state index is 0.246. The molecule has 1 aliphatic heterocycles. The van der Waals surface area contributed by atoms with E-state index in [-0.39, 0.29) is 6.61 Å². The maximum atomic E-state index is 9.11. The van der Waals surface area contributed by atoms with E-state index >= 15 is 0 Å². The number of hydrogen-bond donors (Lipinski definition) is 1. The molecule has 3 heterocycles. The van der Waals surface area contributed by atoms with Gasteiger partial charge in [-0.15, -0.1) is 11.3 Å². The Morgan fingerprint density at radius 1 is 1.13 bits per heavy atom. The molecule has 0 spiro atoms. The van der Waals surface area contributed by atoms with Crippen molar-refractivity contribution in [3.05, 3.63) is 16.3 Å². The van der Waals surface area contributed by atoms with Crippen LogP contribution >= 0.6 is 11.3 Å². The molecule has 0 saturated carbocycles. The number of β-amino-alcohol motifs (C(OH)–C–C–N with tert-alkyl or cyclic N) is 1. The topological polar surface area (TPSA) is 52.5 Å². The van der Waals surface area contributed by atoms with Gasteiger partial charge in [0.05, 0.1) is 12.0 Å². The van der Waals surface area contributed by atoms with E-state index < -0.39 is 0 Å². The molecule has 0 amide bonds. The molecule has 2 aromatic rings. The standard InChI is InChI=1S/C17H24N4OS/c1-2-14-18-16(21-8-6-20(7-9-21)10-11-22)15-12-4-3-5-13(12)23-17(15)19-14/h22H,2-11H2,1H3. The Hall–Kier alpha value is -1.24. The van der Waals surface area contributed by atoms with Crippen LogP contribution in [0.5, 0.6) is 0 Å². The normalized spacial score (nSPS) is 18.8. The average Bonchev–Trinajstić information content (AvgIpc) is 3.15. The minimum Gasteiger partial charge on any atom is -0.395 e. The average molecular weight is 332 g/mol. The number of thiophene rings is 1. The Bertz CT molecular complexity index is 706. The third-order valence-electron chi connectivity index (χ3n) is 5.00. The first-order chi connectivity index (χ1) is 11.3. The van der Waals surface area contributed by atoms with Crippen molar-refractivity contribution in [2.75, 3.05) is 44.2 Å². The van der Waals surface area contributed by atoms with Crippen LogP contribution in [0.3, 0.4) is 0 Å². The molecule has 0 atom stereocenters. The Kier molecular flexibility index (Phi) is 4.22. The van der Waals surface area contributed by atoms with E-state index in [2.05, 4.69) is 16.7 Å². The second-order valence-electron chi connectivity index (χ2n) is 6.41. The van der Waals surface area contributed by atoms with E-state index in [1.165, 1.54) is 39.9 Å². The second kappa shape index (κ2) is 6.34. The Morgan fingerprint density at radius 3 is 2.70 bits per heavy atom. The molecule has 1 aliphatic carbocycles. The lowest BCUT2D eigenvalue weighted by Gasteiger charge is -2.35. The summed E-state index contributed by atoms with van der Waals surface area (Å²) in [5.41, 5.74) is 1.51. The van der Waals surface area contributed by atoms with Gasteiger partial charge >= 0.3 is 0 Å². The van der Waals surface area contributed by atoms with Crippen LogP contribution in [0.15, 0.2) is 0 Å². The highest BCUT2D eigenvalue weighted by Gasteiger charge is 2.26. The summed E-state index contributed by atoms with van der Waals surface area (Å²) in [4.78, 5) is 17.2. The van der Waals surface area contributed by atoms with Crippen LogP contribution in [0.2, 0.25) is 0 Å². The van der Waals surface area contributed by atoms with Crippen LogP contribution in [-0.4, -0.2) is 59.3 Å². The van der Waals surface area contributed by atoms with Crippen LogP contribution in [0.1, 0.15) is 29.6 Å². The first-order valence-electron chi connectivity index (χ1n) is 8.69. The van der Waals surface area contributed by atoms with Crippen molar-refractivity contribution in [2.45, 2.75) is 32.6 Å².